The van der Waals surface area contributed by atoms with Crippen LogP contribution >= 0.6 is 0 Å². The zero-order valence-corrected chi connectivity index (χ0v) is 17.1. The van der Waals surface area contributed by atoms with E-state index >= 15 is 0 Å². The van der Waals surface area contributed by atoms with Crippen LogP contribution in [0, 0.1) is 23.7 Å². The Morgan fingerprint density at radius 1 is 1.30 bits per heavy atom. The zero-order chi connectivity index (χ0) is 19.2. The second-order valence-electron chi connectivity index (χ2n) is 8.37. The third kappa shape index (κ3) is 4.99. The summed E-state index contributed by atoms with van der Waals surface area (Å²) >= 11 is 0. The van der Waals surface area contributed by atoms with E-state index in [1.165, 1.54) is 17.6 Å². The van der Waals surface area contributed by atoms with Gasteiger partial charge in [0.15, 0.2) is 0 Å². The van der Waals surface area contributed by atoms with E-state index in [1.807, 2.05) is 6.08 Å². The van der Waals surface area contributed by atoms with Gasteiger partial charge in [-0.05, 0) is 67.7 Å². The van der Waals surface area contributed by atoms with Gasteiger partial charge in [0.2, 0.25) is 0 Å². The SMILES string of the molecule is C=CC(N=CC1=CC(C2=CC=CC(C(C)C)C2)CC=C1C)C1C=C=CCC1. The van der Waals surface area contributed by atoms with E-state index < -0.39 is 0 Å². The van der Waals surface area contributed by atoms with E-state index in [2.05, 4.69) is 81.8 Å². The highest BCUT2D eigenvalue weighted by molar-refractivity contribution is 5.85. The third-order valence-corrected chi connectivity index (χ3v) is 6.13. The first-order chi connectivity index (χ1) is 13.1. The minimum atomic E-state index is 0.141. The molecule has 1 nitrogen and oxygen atoms in total. The normalized spacial score (nSPS) is 28.9. The Morgan fingerprint density at radius 2 is 2.15 bits per heavy atom. The van der Waals surface area contributed by atoms with Crippen LogP contribution in [0.5, 0.6) is 0 Å². The topological polar surface area (TPSA) is 12.4 Å². The van der Waals surface area contributed by atoms with Gasteiger partial charge in [-0.2, -0.15) is 0 Å². The fourth-order valence-electron chi connectivity index (χ4n) is 4.12. The summed E-state index contributed by atoms with van der Waals surface area (Å²) in [6.07, 6.45) is 24.6. The standard InChI is InChI=1S/C26H33N/c1-5-26(21-10-7-6-8-11-21)27-18-25-17-24(15-14-20(25)4)23-13-9-12-22(16-23)19(2)3/h5-6,9,11-14,17-19,21-22,24,26H,1,7,10,15-16H2,2-4H3. The first-order valence-electron chi connectivity index (χ1n) is 10.4. The van der Waals surface area contributed by atoms with Crippen LogP contribution in [0.2, 0.25) is 0 Å². The van der Waals surface area contributed by atoms with Crippen molar-refractivity contribution >= 4 is 6.21 Å². The Balaban J connectivity index is 1.74. The van der Waals surface area contributed by atoms with Crippen LogP contribution in [0.4, 0.5) is 0 Å². The lowest BCUT2D eigenvalue weighted by molar-refractivity contribution is 0.444. The van der Waals surface area contributed by atoms with Gasteiger partial charge in [0.05, 0.1) is 6.04 Å². The van der Waals surface area contributed by atoms with Crippen molar-refractivity contribution in [3.63, 3.8) is 0 Å². The lowest BCUT2D eigenvalue weighted by Gasteiger charge is -2.27. The molecule has 0 radical (unpaired) electrons. The highest BCUT2D eigenvalue weighted by Crippen LogP contribution is 2.35. The maximum Gasteiger partial charge on any atom is 0.0746 e. The fourth-order valence-corrected chi connectivity index (χ4v) is 4.12. The lowest BCUT2D eigenvalue weighted by Crippen LogP contribution is -2.17. The molecule has 0 aliphatic heterocycles. The molecule has 0 aromatic rings. The van der Waals surface area contributed by atoms with E-state index in [0.29, 0.717) is 23.7 Å². The van der Waals surface area contributed by atoms with E-state index in [-0.39, 0.29) is 6.04 Å². The van der Waals surface area contributed by atoms with Crippen molar-refractivity contribution in [1.29, 1.82) is 0 Å². The number of aliphatic imine (C=N–C) groups is 1. The van der Waals surface area contributed by atoms with Crippen molar-refractivity contribution in [3.05, 3.63) is 77.6 Å². The number of allylic oxidation sites excluding steroid dienone is 8. The van der Waals surface area contributed by atoms with Crippen LogP contribution in [0.3, 0.4) is 0 Å². The molecule has 0 saturated carbocycles. The summed E-state index contributed by atoms with van der Waals surface area (Å²) < 4.78 is 0. The monoisotopic (exact) mass is 359 g/mol. The van der Waals surface area contributed by atoms with Gasteiger partial charge < -0.3 is 0 Å². The Morgan fingerprint density at radius 3 is 2.85 bits per heavy atom. The number of rotatable bonds is 6. The van der Waals surface area contributed by atoms with Gasteiger partial charge in [-0.15, -0.1) is 12.3 Å². The van der Waals surface area contributed by atoms with Crippen LogP contribution in [-0.2, 0) is 0 Å². The van der Waals surface area contributed by atoms with Crippen LogP contribution in [0.25, 0.3) is 0 Å². The summed E-state index contributed by atoms with van der Waals surface area (Å²) in [5.74, 6) is 2.28. The van der Waals surface area contributed by atoms with Crippen molar-refractivity contribution in [1.82, 2.24) is 0 Å². The highest BCUT2D eigenvalue weighted by Gasteiger charge is 2.22. The van der Waals surface area contributed by atoms with Crippen molar-refractivity contribution < 1.29 is 0 Å². The summed E-state index contributed by atoms with van der Waals surface area (Å²) in [4.78, 5) is 4.89. The van der Waals surface area contributed by atoms with Gasteiger partial charge in [-0.3, -0.25) is 4.99 Å². The van der Waals surface area contributed by atoms with E-state index in [0.717, 1.165) is 19.3 Å². The molecule has 27 heavy (non-hydrogen) atoms. The highest BCUT2D eigenvalue weighted by atomic mass is 14.8. The molecular weight excluding hydrogens is 326 g/mol. The molecule has 3 aliphatic rings. The molecule has 0 bridgehead atoms. The lowest BCUT2D eigenvalue weighted by atomic mass is 9.78. The molecular formula is C26H33N. The van der Waals surface area contributed by atoms with Crippen LogP contribution in [0.1, 0.15) is 46.5 Å². The Hall–Kier alpha value is -2.11. The van der Waals surface area contributed by atoms with Crippen molar-refractivity contribution in [2.75, 3.05) is 0 Å². The van der Waals surface area contributed by atoms with Crippen molar-refractivity contribution in [3.8, 4) is 0 Å². The van der Waals surface area contributed by atoms with Crippen LogP contribution < -0.4 is 0 Å². The molecule has 0 aromatic heterocycles. The molecule has 0 fully saturated rings. The zero-order valence-electron chi connectivity index (χ0n) is 17.1. The van der Waals surface area contributed by atoms with Crippen LogP contribution in [0.15, 0.2) is 82.6 Å². The predicted octanol–water partition coefficient (Wildman–Crippen LogP) is 6.78. The molecule has 4 unspecified atom stereocenters. The molecule has 3 aliphatic carbocycles. The smallest absolute Gasteiger partial charge is 0.0746 e. The average molecular weight is 360 g/mol. The number of hydrogen-bond acceptors (Lipinski definition) is 1. The van der Waals surface area contributed by atoms with Gasteiger partial charge in [0.1, 0.15) is 0 Å². The maximum absolute atomic E-state index is 4.89. The Labute approximate surface area is 165 Å². The Bertz CT molecular complexity index is 762. The third-order valence-electron chi connectivity index (χ3n) is 6.13. The molecule has 0 N–H and O–H groups in total. The number of hydrogen-bond donors (Lipinski definition) is 0. The summed E-state index contributed by atoms with van der Waals surface area (Å²) in [7, 11) is 0. The first kappa shape index (κ1) is 19.6. The quantitative estimate of drug-likeness (QED) is 0.281. The maximum atomic E-state index is 4.89. The minimum absolute atomic E-state index is 0.141. The van der Waals surface area contributed by atoms with Crippen LogP contribution in [-0.4, -0.2) is 12.3 Å². The molecule has 0 saturated heterocycles. The molecule has 0 spiro atoms. The second-order valence-corrected chi connectivity index (χ2v) is 8.37. The van der Waals surface area contributed by atoms with Gasteiger partial charge in [0, 0.05) is 18.1 Å². The van der Waals surface area contributed by atoms with Crippen molar-refractivity contribution in [2.45, 2.75) is 52.5 Å². The average Bonchev–Trinajstić information content (AvgIpc) is 2.70. The molecule has 0 heterocycles. The van der Waals surface area contributed by atoms with E-state index in [4.69, 9.17) is 4.99 Å². The molecule has 0 amide bonds. The fraction of sp³-hybridized carbons (Fsp3) is 0.462. The largest absolute Gasteiger partial charge is 0.284 e. The predicted molar refractivity (Wildman–Crippen MR) is 118 cm³/mol. The molecule has 0 aromatic carbocycles. The first-order valence-corrected chi connectivity index (χ1v) is 10.4. The summed E-state index contributed by atoms with van der Waals surface area (Å²) in [5, 5.41) is 0. The molecule has 1 heteroatoms. The van der Waals surface area contributed by atoms with E-state index in [1.54, 1.807) is 5.57 Å². The summed E-state index contributed by atoms with van der Waals surface area (Å²) in [6, 6.07) is 0.141. The van der Waals surface area contributed by atoms with Gasteiger partial charge in [-0.25, -0.2) is 0 Å². The number of nitrogens with zero attached hydrogens (tertiary/aromatic N) is 1. The Kier molecular flexibility index (Phi) is 6.69. The summed E-state index contributed by atoms with van der Waals surface area (Å²) in [6.45, 7) is 10.9. The minimum Gasteiger partial charge on any atom is -0.284 e. The van der Waals surface area contributed by atoms with E-state index in [9.17, 15) is 0 Å². The van der Waals surface area contributed by atoms with Gasteiger partial charge >= 0.3 is 0 Å². The van der Waals surface area contributed by atoms with Crippen molar-refractivity contribution in [2.24, 2.45) is 28.7 Å². The van der Waals surface area contributed by atoms with Gasteiger partial charge in [0.25, 0.3) is 0 Å². The molecule has 3 rings (SSSR count). The second kappa shape index (κ2) is 9.20. The summed E-state index contributed by atoms with van der Waals surface area (Å²) in [5.41, 5.74) is 7.42. The molecule has 142 valence electrons. The molecule has 4 atom stereocenters. The van der Waals surface area contributed by atoms with Gasteiger partial charge in [-0.1, -0.05) is 55.9 Å².